The van der Waals surface area contributed by atoms with Crippen LogP contribution in [0.25, 0.3) is 0 Å². The lowest BCUT2D eigenvalue weighted by Gasteiger charge is -2.19. The summed E-state index contributed by atoms with van der Waals surface area (Å²) in [4.78, 5) is 8.03. The molecule has 84 valence electrons. The Morgan fingerprint density at radius 1 is 1.67 bits per heavy atom. The zero-order valence-electron chi connectivity index (χ0n) is 9.49. The van der Waals surface area contributed by atoms with Crippen LogP contribution in [-0.4, -0.2) is 36.1 Å². The fraction of sp³-hybridized carbons (Fsp3) is 0.727. The minimum Gasteiger partial charge on any atom is -0.313 e. The molecule has 1 fully saturated rings. The van der Waals surface area contributed by atoms with Gasteiger partial charge in [0.05, 0.1) is 5.01 Å². The van der Waals surface area contributed by atoms with Gasteiger partial charge in [-0.15, -0.1) is 11.3 Å². The maximum atomic E-state index is 4.28. The van der Waals surface area contributed by atoms with Crippen LogP contribution in [0.2, 0.25) is 0 Å². The van der Waals surface area contributed by atoms with Gasteiger partial charge in [-0.2, -0.15) is 0 Å². The minimum absolute atomic E-state index is 0.698. The fourth-order valence-corrected chi connectivity index (χ4v) is 2.97. The van der Waals surface area contributed by atoms with Crippen molar-refractivity contribution in [3.8, 4) is 0 Å². The highest BCUT2D eigenvalue weighted by atomic mass is 32.1. The van der Waals surface area contributed by atoms with E-state index in [1.807, 2.05) is 6.20 Å². The summed E-state index contributed by atoms with van der Waals surface area (Å²) in [5.41, 5.74) is 0. The molecule has 0 aromatic carbocycles. The van der Waals surface area contributed by atoms with E-state index < -0.39 is 0 Å². The zero-order valence-corrected chi connectivity index (χ0v) is 10.3. The monoisotopic (exact) mass is 225 g/mol. The second-order valence-electron chi connectivity index (χ2n) is 4.34. The van der Waals surface area contributed by atoms with Crippen molar-refractivity contribution in [3.63, 3.8) is 0 Å². The Morgan fingerprint density at radius 2 is 2.53 bits per heavy atom. The van der Waals surface area contributed by atoms with E-state index in [1.165, 1.54) is 24.3 Å². The van der Waals surface area contributed by atoms with Gasteiger partial charge in [-0.1, -0.05) is 0 Å². The smallest absolute Gasteiger partial charge is 0.0897 e. The van der Waals surface area contributed by atoms with Crippen molar-refractivity contribution in [3.05, 3.63) is 16.1 Å². The second-order valence-corrected chi connectivity index (χ2v) is 5.65. The van der Waals surface area contributed by atoms with Crippen LogP contribution < -0.4 is 5.32 Å². The number of nitrogens with one attached hydrogen (secondary N) is 1. The lowest BCUT2D eigenvalue weighted by Crippen LogP contribution is -2.34. The number of hydrogen-bond acceptors (Lipinski definition) is 4. The van der Waals surface area contributed by atoms with Gasteiger partial charge in [0.2, 0.25) is 0 Å². The molecule has 0 spiro atoms. The number of nitrogens with zero attached hydrogens (tertiary/aromatic N) is 2. The number of aromatic nitrogens is 1. The van der Waals surface area contributed by atoms with Crippen LogP contribution in [0, 0.1) is 6.92 Å². The van der Waals surface area contributed by atoms with Gasteiger partial charge in [-0.05, 0) is 33.4 Å². The van der Waals surface area contributed by atoms with E-state index in [2.05, 4.69) is 29.2 Å². The van der Waals surface area contributed by atoms with E-state index in [0.29, 0.717) is 6.04 Å². The van der Waals surface area contributed by atoms with Crippen LogP contribution in [-0.2, 0) is 6.54 Å². The molecule has 1 aliphatic rings. The predicted molar refractivity (Wildman–Crippen MR) is 64.2 cm³/mol. The summed E-state index contributed by atoms with van der Waals surface area (Å²) >= 11 is 1.80. The van der Waals surface area contributed by atoms with Crippen LogP contribution in [0.1, 0.15) is 22.7 Å². The van der Waals surface area contributed by atoms with Crippen molar-refractivity contribution >= 4 is 11.3 Å². The molecule has 2 heterocycles. The summed E-state index contributed by atoms with van der Waals surface area (Å²) in [6.45, 7) is 5.44. The summed E-state index contributed by atoms with van der Waals surface area (Å²) in [6, 6.07) is 0.698. The van der Waals surface area contributed by atoms with E-state index in [0.717, 1.165) is 18.1 Å². The van der Waals surface area contributed by atoms with Gasteiger partial charge in [0, 0.05) is 30.2 Å². The van der Waals surface area contributed by atoms with Crippen LogP contribution in [0.5, 0.6) is 0 Å². The molecule has 1 atom stereocenters. The van der Waals surface area contributed by atoms with Gasteiger partial charge < -0.3 is 5.32 Å². The van der Waals surface area contributed by atoms with Crippen LogP contribution in [0.15, 0.2) is 6.20 Å². The van der Waals surface area contributed by atoms with Gasteiger partial charge in [0.15, 0.2) is 0 Å². The molecule has 1 aromatic rings. The number of likely N-dealkylation sites (N-methyl/N-ethyl adjacent to an activating group) is 1. The van der Waals surface area contributed by atoms with Crippen molar-refractivity contribution in [2.45, 2.75) is 32.4 Å². The van der Waals surface area contributed by atoms with E-state index in [4.69, 9.17) is 0 Å². The Morgan fingerprint density at radius 3 is 3.13 bits per heavy atom. The third-order valence-corrected chi connectivity index (χ3v) is 3.69. The SMILES string of the molecule is Cc1ncc(CN(C)CC2CCCN2)s1. The first-order valence-electron chi connectivity index (χ1n) is 5.57. The average Bonchev–Trinajstić information content (AvgIpc) is 2.77. The van der Waals surface area contributed by atoms with Crippen molar-refractivity contribution in [2.24, 2.45) is 0 Å². The Kier molecular flexibility index (Phi) is 3.72. The summed E-state index contributed by atoms with van der Waals surface area (Å²) in [6.07, 6.45) is 4.66. The first kappa shape index (κ1) is 11.0. The van der Waals surface area contributed by atoms with Crippen molar-refractivity contribution < 1.29 is 0 Å². The molecule has 0 amide bonds. The molecular weight excluding hydrogens is 206 g/mol. The van der Waals surface area contributed by atoms with Crippen molar-refractivity contribution in [2.75, 3.05) is 20.1 Å². The molecule has 1 saturated heterocycles. The Bertz CT molecular complexity index is 305. The maximum Gasteiger partial charge on any atom is 0.0897 e. The van der Waals surface area contributed by atoms with E-state index in [9.17, 15) is 0 Å². The van der Waals surface area contributed by atoms with Gasteiger partial charge >= 0.3 is 0 Å². The molecule has 4 heteroatoms. The third kappa shape index (κ3) is 3.26. The van der Waals surface area contributed by atoms with Gasteiger partial charge in [-0.3, -0.25) is 4.90 Å². The minimum atomic E-state index is 0.698. The average molecular weight is 225 g/mol. The van der Waals surface area contributed by atoms with E-state index >= 15 is 0 Å². The Balaban J connectivity index is 1.78. The van der Waals surface area contributed by atoms with Crippen LogP contribution >= 0.6 is 11.3 Å². The topological polar surface area (TPSA) is 28.2 Å². The lowest BCUT2D eigenvalue weighted by molar-refractivity contribution is 0.295. The summed E-state index contributed by atoms with van der Waals surface area (Å²) in [5, 5.41) is 4.69. The maximum absolute atomic E-state index is 4.28. The first-order valence-corrected chi connectivity index (χ1v) is 6.39. The molecule has 0 radical (unpaired) electrons. The number of rotatable bonds is 4. The van der Waals surface area contributed by atoms with E-state index in [1.54, 1.807) is 11.3 Å². The molecule has 1 unspecified atom stereocenters. The van der Waals surface area contributed by atoms with Gasteiger partial charge in [-0.25, -0.2) is 4.98 Å². The molecule has 3 nitrogen and oxygen atoms in total. The molecule has 2 rings (SSSR count). The molecule has 0 aliphatic carbocycles. The normalized spacial score (nSPS) is 21.4. The molecular formula is C11H19N3S. The molecule has 0 saturated carbocycles. The Hall–Kier alpha value is -0.450. The summed E-state index contributed by atoms with van der Waals surface area (Å²) in [7, 11) is 2.19. The highest BCUT2D eigenvalue weighted by Gasteiger charge is 2.16. The highest BCUT2D eigenvalue weighted by molar-refractivity contribution is 7.11. The first-order chi connectivity index (χ1) is 7.24. The van der Waals surface area contributed by atoms with Crippen LogP contribution in [0.3, 0.4) is 0 Å². The fourth-order valence-electron chi connectivity index (χ4n) is 2.10. The molecule has 1 aromatic heterocycles. The van der Waals surface area contributed by atoms with Gasteiger partial charge in [0.1, 0.15) is 0 Å². The number of aryl methyl sites for hydroxylation is 1. The lowest BCUT2D eigenvalue weighted by atomic mass is 10.2. The standard InChI is InChI=1S/C11H19N3S/c1-9-13-6-11(15-9)8-14(2)7-10-4-3-5-12-10/h6,10,12H,3-5,7-8H2,1-2H3. The summed E-state index contributed by atoms with van der Waals surface area (Å²) < 4.78 is 0. The molecule has 1 aliphatic heterocycles. The largest absolute Gasteiger partial charge is 0.313 e. The Labute approximate surface area is 95.5 Å². The molecule has 15 heavy (non-hydrogen) atoms. The highest BCUT2D eigenvalue weighted by Crippen LogP contribution is 2.14. The predicted octanol–water partition coefficient (Wildman–Crippen LogP) is 1.64. The molecule has 1 N–H and O–H groups in total. The van der Waals surface area contributed by atoms with Crippen LogP contribution in [0.4, 0.5) is 0 Å². The van der Waals surface area contributed by atoms with Crippen molar-refractivity contribution in [1.82, 2.24) is 15.2 Å². The second kappa shape index (κ2) is 5.05. The number of thiazole rings is 1. The summed E-state index contributed by atoms with van der Waals surface area (Å²) in [5.74, 6) is 0. The third-order valence-electron chi connectivity index (χ3n) is 2.79. The molecule has 0 bridgehead atoms. The quantitative estimate of drug-likeness (QED) is 0.844. The zero-order chi connectivity index (χ0) is 10.7. The van der Waals surface area contributed by atoms with Gasteiger partial charge in [0.25, 0.3) is 0 Å². The number of hydrogen-bond donors (Lipinski definition) is 1. The van der Waals surface area contributed by atoms with E-state index in [-0.39, 0.29) is 0 Å². The van der Waals surface area contributed by atoms with Crippen molar-refractivity contribution in [1.29, 1.82) is 0 Å².